The molecule has 21 heavy (non-hydrogen) atoms. The average molecular weight is 306 g/mol. The van der Waals surface area contributed by atoms with Gasteiger partial charge in [0.05, 0.1) is 6.20 Å². The minimum atomic E-state index is 0.421. The molecule has 0 saturated carbocycles. The summed E-state index contributed by atoms with van der Waals surface area (Å²) in [6.45, 7) is 7.22. The van der Waals surface area contributed by atoms with E-state index in [1.54, 1.807) is 0 Å². The fourth-order valence-corrected chi connectivity index (χ4v) is 2.69. The Hall–Kier alpha value is -1.32. The molecule has 1 aromatic carbocycles. The lowest BCUT2D eigenvalue weighted by Gasteiger charge is -2.18. The highest BCUT2D eigenvalue weighted by Gasteiger charge is 2.13. The molecule has 0 spiro atoms. The molecule has 0 bridgehead atoms. The molecule has 2 aromatic rings. The molecular weight excluding hydrogens is 282 g/mol. The zero-order valence-electron chi connectivity index (χ0n) is 12.8. The summed E-state index contributed by atoms with van der Waals surface area (Å²) in [5, 5.41) is 8.69. The van der Waals surface area contributed by atoms with Crippen LogP contribution in [-0.4, -0.2) is 22.9 Å². The van der Waals surface area contributed by atoms with Crippen LogP contribution in [0.5, 0.6) is 0 Å². The molecule has 0 aliphatic rings. The van der Waals surface area contributed by atoms with Gasteiger partial charge in [-0.05, 0) is 49.6 Å². The summed E-state index contributed by atoms with van der Waals surface area (Å²) in [6, 6.07) is 8.19. The number of nitrogens with zero attached hydrogens (tertiary/aromatic N) is 2. The van der Waals surface area contributed by atoms with Crippen molar-refractivity contribution in [2.24, 2.45) is 0 Å². The molecule has 0 fully saturated rings. The molecule has 114 valence electrons. The summed E-state index contributed by atoms with van der Waals surface area (Å²) in [5.41, 5.74) is 2.57. The number of rotatable bonds is 8. The van der Waals surface area contributed by atoms with E-state index >= 15 is 0 Å². The van der Waals surface area contributed by atoms with Crippen LogP contribution in [-0.2, 0) is 13.0 Å². The molecule has 3 nitrogen and oxygen atoms in total. The SMILES string of the molecule is CCCNCC(Cc1cnn(CC)c1)c1cccc(Cl)c1. The highest BCUT2D eigenvalue weighted by atomic mass is 35.5. The molecule has 0 amide bonds. The molecular formula is C17H24ClN3. The monoisotopic (exact) mass is 305 g/mol. The predicted molar refractivity (Wildman–Crippen MR) is 89.0 cm³/mol. The van der Waals surface area contributed by atoms with Crippen molar-refractivity contribution in [3.8, 4) is 0 Å². The predicted octanol–water partition coefficient (Wildman–Crippen LogP) is 3.88. The third-order valence-electron chi connectivity index (χ3n) is 3.63. The van der Waals surface area contributed by atoms with Crippen LogP contribution in [0.2, 0.25) is 5.02 Å². The van der Waals surface area contributed by atoms with Gasteiger partial charge in [0.1, 0.15) is 0 Å². The van der Waals surface area contributed by atoms with Crippen molar-refractivity contribution < 1.29 is 0 Å². The van der Waals surface area contributed by atoms with E-state index in [2.05, 4.69) is 42.6 Å². The Kier molecular flexibility index (Phi) is 6.27. The maximum atomic E-state index is 6.14. The number of hydrogen-bond donors (Lipinski definition) is 1. The molecule has 1 N–H and O–H groups in total. The van der Waals surface area contributed by atoms with Crippen molar-refractivity contribution in [2.45, 2.75) is 39.2 Å². The summed E-state index contributed by atoms with van der Waals surface area (Å²) in [5.74, 6) is 0.421. The molecule has 1 atom stereocenters. The molecule has 1 heterocycles. The number of aryl methyl sites for hydroxylation is 1. The van der Waals surface area contributed by atoms with E-state index in [1.165, 1.54) is 11.1 Å². The second-order valence-corrected chi connectivity index (χ2v) is 5.80. The Bertz CT molecular complexity index is 550. The van der Waals surface area contributed by atoms with Crippen LogP contribution in [0, 0.1) is 0 Å². The number of aromatic nitrogens is 2. The van der Waals surface area contributed by atoms with E-state index in [0.29, 0.717) is 5.92 Å². The third-order valence-corrected chi connectivity index (χ3v) is 3.87. The molecule has 4 heteroatoms. The van der Waals surface area contributed by atoms with Gasteiger partial charge in [-0.1, -0.05) is 30.7 Å². The van der Waals surface area contributed by atoms with Gasteiger partial charge in [0, 0.05) is 30.2 Å². The number of nitrogens with one attached hydrogen (secondary N) is 1. The summed E-state index contributed by atoms with van der Waals surface area (Å²) >= 11 is 6.14. The lowest BCUT2D eigenvalue weighted by Crippen LogP contribution is -2.23. The third kappa shape index (κ3) is 4.87. The smallest absolute Gasteiger partial charge is 0.0521 e. The molecule has 2 rings (SSSR count). The zero-order chi connectivity index (χ0) is 15.1. The Morgan fingerprint density at radius 3 is 2.86 bits per heavy atom. The van der Waals surface area contributed by atoms with Crippen LogP contribution < -0.4 is 5.32 Å². The lowest BCUT2D eigenvalue weighted by molar-refractivity contribution is 0.576. The first-order chi connectivity index (χ1) is 10.2. The second kappa shape index (κ2) is 8.20. The van der Waals surface area contributed by atoms with Gasteiger partial charge in [0.25, 0.3) is 0 Å². The van der Waals surface area contributed by atoms with Crippen molar-refractivity contribution in [3.63, 3.8) is 0 Å². The summed E-state index contributed by atoms with van der Waals surface area (Å²) in [7, 11) is 0. The van der Waals surface area contributed by atoms with E-state index in [1.807, 2.05) is 23.0 Å². The lowest BCUT2D eigenvalue weighted by atomic mass is 9.93. The van der Waals surface area contributed by atoms with E-state index in [9.17, 15) is 0 Å². The second-order valence-electron chi connectivity index (χ2n) is 5.36. The van der Waals surface area contributed by atoms with Gasteiger partial charge in [-0.2, -0.15) is 5.10 Å². The fourth-order valence-electron chi connectivity index (χ4n) is 2.49. The van der Waals surface area contributed by atoms with Crippen LogP contribution >= 0.6 is 11.6 Å². The number of hydrogen-bond acceptors (Lipinski definition) is 2. The van der Waals surface area contributed by atoms with Crippen LogP contribution in [0.4, 0.5) is 0 Å². The minimum absolute atomic E-state index is 0.421. The number of halogens is 1. The highest BCUT2D eigenvalue weighted by Crippen LogP contribution is 2.23. The van der Waals surface area contributed by atoms with Gasteiger partial charge >= 0.3 is 0 Å². The molecule has 1 aromatic heterocycles. The highest BCUT2D eigenvalue weighted by molar-refractivity contribution is 6.30. The standard InChI is InChI=1S/C17H24ClN3/c1-3-8-19-12-16(15-6-5-7-17(18)10-15)9-14-11-20-21(4-2)13-14/h5-7,10-11,13,16,19H,3-4,8-9,12H2,1-2H3. The Morgan fingerprint density at radius 1 is 1.33 bits per heavy atom. The van der Waals surface area contributed by atoms with Crippen LogP contribution in [0.3, 0.4) is 0 Å². The van der Waals surface area contributed by atoms with Crippen molar-refractivity contribution in [3.05, 3.63) is 52.8 Å². The summed E-state index contributed by atoms with van der Waals surface area (Å²) in [4.78, 5) is 0. The van der Waals surface area contributed by atoms with E-state index in [-0.39, 0.29) is 0 Å². The topological polar surface area (TPSA) is 29.9 Å². The minimum Gasteiger partial charge on any atom is -0.316 e. The molecule has 1 unspecified atom stereocenters. The van der Waals surface area contributed by atoms with Crippen molar-refractivity contribution >= 4 is 11.6 Å². The van der Waals surface area contributed by atoms with Gasteiger partial charge in [0.2, 0.25) is 0 Å². The van der Waals surface area contributed by atoms with Crippen LogP contribution in [0.1, 0.15) is 37.3 Å². The molecule has 0 aliphatic carbocycles. The van der Waals surface area contributed by atoms with Gasteiger partial charge in [-0.25, -0.2) is 0 Å². The van der Waals surface area contributed by atoms with E-state index in [4.69, 9.17) is 11.6 Å². The maximum Gasteiger partial charge on any atom is 0.0521 e. The van der Waals surface area contributed by atoms with Crippen molar-refractivity contribution in [2.75, 3.05) is 13.1 Å². The Balaban J connectivity index is 2.11. The molecule has 0 aliphatic heterocycles. The summed E-state index contributed by atoms with van der Waals surface area (Å²) < 4.78 is 1.98. The first kappa shape index (κ1) is 16.1. The van der Waals surface area contributed by atoms with Gasteiger partial charge in [-0.3, -0.25) is 4.68 Å². The van der Waals surface area contributed by atoms with Crippen molar-refractivity contribution in [1.29, 1.82) is 0 Å². The van der Waals surface area contributed by atoms with Gasteiger partial charge in [0.15, 0.2) is 0 Å². The average Bonchev–Trinajstić information content (AvgIpc) is 2.94. The molecule has 0 radical (unpaired) electrons. The van der Waals surface area contributed by atoms with Gasteiger partial charge in [-0.15, -0.1) is 0 Å². The van der Waals surface area contributed by atoms with E-state index < -0.39 is 0 Å². The van der Waals surface area contributed by atoms with Crippen LogP contribution in [0.15, 0.2) is 36.7 Å². The maximum absolute atomic E-state index is 6.14. The Morgan fingerprint density at radius 2 is 2.19 bits per heavy atom. The zero-order valence-corrected chi connectivity index (χ0v) is 13.6. The van der Waals surface area contributed by atoms with Crippen LogP contribution in [0.25, 0.3) is 0 Å². The normalized spacial score (nSPS) is 12.5. The first-order valence-corrected chi connectivity index (χ1v) is 8.08. The first-order valence-electron chi connectivity index (χ1n) is 7.70. The number of benzene rings is 1. The van der Waals surface area contributed by atoms with Gasteiger partial charge < -0.3 is 5.32 Å². The largest absolute Gasteiger partial charge is 0.316 e. The molecule has 0 saturated heterocycles. The summed E-state index contributed by atoms with van der Waals surface area (Å²) in [6.07, 6.45) is 6.24. The Labute approximate surface area is 132 Å². The quantitative estimate of drug-likeness (QED) is 0.750. The van der Waals surface area contributed by atoms with Crippen molar-refractivity contribution in [1.82, 2.24) is 15.1 Å². The van der Waals surface area contributed by atoms with E-state index in [0.717, 1.165) is 37.5 Å². The fraction of sp³-hybridized carbons (Fsp3) is 0.471.